The van der Waals surface area contributed by atoms with Gasteiger partial charge in [-0.2, -0.15) is 13.2 Å². The van der Waals surface area contributed by atoms with Crippen LogP contribution in [0, 0.1) is 5.82 Å². The Morgan fingerprint density at radius 1 is 1.29 bits per heavy atom. The topological polar surface area (TPSA) is 25.8 Å². The second-order valence-electron chi connectivity index (χ2n) is 3.12. The van der Waals surface area contributed by atoms with Crippen LogP contribution in [0.5, 0.6) is 0 Å². The summed E-state index contributed by atoms with van der Waals surface area (Å²) in [6.07, 6.45) is -3.83. The number of hydrogen-bond donors (Lipinski definition) is 0. The van der Waals surface area contributed by atoms with Crippen LogP contribution in [-0.2, 0) is 6.18 Å². The zero-order valence-corrected chi connectivity index (χ0v) is 10.2. The van der Waals surface area contributed by atoms with E-state index in [0.717, 1.165) is 6.20 Å². The number of hydrogen-bond acceptors (Lipinski definition) is 2. The Kier molecular flexibility index (Phi) is 2.99. The summed E-state index contributed by atoms with van der Waals surface area (Å²) in [5, 5.41) is 0.141. The molecule has 0 aliphatic carbocycles. The lowest BCUT2D eigenvalue weighted by atomic mass is 10.2. The van der Waals surface area contributed by atoms with Crippen molar-refractivity contribution in [1.82, 2.24) is 9.97 Å². The van der Waals surface area contributed by atoms with Gasteiger partial charge in [0, 0.05) is 11.6 Å². The molecule has 2 aromatic rings. The molecule has 0 amide bonds. The van der Waals surface area contributed by atoms with Gasteiger partial charge in [-0.25, -0.2) is 14.4 Å². The van der Waals surface area contributed by atoms with Gasteiger partial charge in [-0.15, -0.1) is 0 Å². The van der Waals surface area contributed by atoms with Crippen LogP contribution in [0.25, 0.3) is 10.9 Å². The fraction of sp³-hybridized carbons (Fsp3) is 0.111. The number of alkyl halides is 3. The van der Waals surface area contributed by atoms with E-state index in [0.29, 0.717) is 0 Å². The number of aromatic nitrogens is 2. The van der Waals surface area contributed by atoms with Crippen LogP contribution in [0.3, 0.4) is 0 Å². The maximum absolute atomic E-state index is 13.6. The molecule has 0 N–H and O–H groups in total. The molecule has 0 spiro atoms. The predicted octanol–water partition coefficient (Wildman–Crippen LogP) is 4.20. The van der Waals surface area contributed by atoms with E-state index in [1.807, 2.05) is 0 Å². The first-order valence-corrected chi connectivity index (χ1v) is 5.35. The van der Waals surface area contributed by atoms with Crippen molar-refractivity contribution >= 4 is 38.4 Å². The third-order valence-electron chi connectivity index (χ3n) is 1.96. The minimum Gasteiger partial charge on any atom is -0.232 e. The Morgan fingerprint density at radius 2 is 1.94 bits per heavy atom. The molecule has 0 saturated heterocycles. The maximum Gasteiger partial charge on any atom is 0.451 e. The molecule has 1 aromatic carbocycles. The lowest BCUT2D eigenvalue weighted by Gasteiger charge is -2.07. The summed E-state index contributed by atoms with van der Waals surface area (Å²) in [4.78, 5) is 6.26. The van der Waals surface area contributed by atoms with Crippen LogP contribution < -0.4 is 0 Å². The van der Waals surface area contributed by atoms with Crippen LogP contribution in [0.15, 0.2) is 16.7 Å². The highest BCUT2D eigenvalue weighted by atomic mass is 79.9. The SMILES string of the molecule is Fc1c(Br)c(Cl)cc2cnc(C(F)(F)F)nc12. The van der Waals surface area contributed by atoms with Crippen LogP contribution in [0.2, 0.25) is 5.02 Å². The standard InChI is InChI=1S/C9H2BrClF4N2/c10-5-4(11)1-3-2-16-8(9(13,14)15)17-7(3)6(5)12/h1-2H. The van der Waals surface area contributed by atoms with Crippen molar-refractivity contribution in [3.63, 3.8) is 0 Å². The maximum atomic E-state index is 13.6. The highest BCUT2D eigenvalue weighted by Crippen LogP contribution is 2.33. The molecule has 0 fully saturated rings. The Balaban J connectivity index is 2.78. The molecular formula is C9H2BrClF4N2. The van der Waals surface area contributed by atoms with Crippen molar-refractivity contribution in [2.24, 2.45) is 0 Å². The third kappa shape index (κ3) is 2.21. The van der Waals surface area contributed by atoms with Gasteiger partial charge < -0.3 is 0 Å². The molecule has 8 heteroatoms. The van der Waals surface area contributed by atoms with Gasteiger partial charge in [0.05, 0.1) is 9.50 Å². The number of nitrogens with zero attached hydrogens (tertiary/aromatic N) is 2. The normalized spacial score (nSPS) is 12.1. The van der Waals surface area contributed by atoms with Gasteiger partial charge in [0.2, 0.25) is 5.82 Å². The summed E-state index contributed by atoms with van der Waals surface area (Å²) < 4.78 is 50.5. The van der Waals surface area contributed by atoms with Gasteiger partial charge >= 0.3 is 6.18 Å². The molecule has 0 aliphatic heterocycles. The summed E-state index contributed by atoms with van der Waals surface area (Å²) in [6.45, 7) is 0. The highest BCUT2D eigenvalue weighted by molar-refractivity contribution is 9.10. The van der Waals surface area contributed by atoms with Gasteiger partial charge in [-0.1, -0.05) is 11.6 Å². The second-order valence-corrected chi connectivity index (χ2v) is 4.32. The van der Waals surface area contributed by atoms with Gasteiger partial charge in [0.25, 0.3) is 0 Å². The van der Waals surface area contributed by atoms with Crippen molar-refractivity contribution in [2.75, 3.05) is 0 Å². The van der Waals surface area contributed by atoms with E-state index in [2.05, 4.69) is 25.9 Å². The molecule has 2 nitrogen and oxygen atoms in total. The monoisotopic (exact) mass is 328 g/mol. The van der Waals surface area contributed by atoms with Gasteiger partial charge in [0.1, 0.15) is 5.52 Å². The number of benzene rings is 1. The Morgan fingerprint density at radius 3 is 2.53 bits per heavy atom. The molecule has 0 saturated carbocycles. The van der Waals surface area contributed by atoms with Crippen molar-refractivity contribution in [3.8, 4) is 0 Å². The fourth-order valence-corrected chi connectivity index (χ4v) is 1.72. The lowest BCUT2D eigenvalue weighted by molar-refractivity contribution is -0.144. The molecule has 90 valence electrons. The minimum absolute atomic E-state index is 0.0401. The average molecular weight is 329 g/mol. The number of rotatable bonds is 0. The predicted molar refractivity (Wildman–Crippen MR) is 57.2 cm³/mol. The lowest BCUT2D eigenvalue weighted by Crippen LogP contribution is -2.11. The molecule has 0 atom stereocenters. The molecule has 17 heavy (non-hydrogen) atoms. The van der Waals surface area contributed by atoms with E-state index in [1.54, 1.807) is 0 Å². The van der Waals surface area contributed by atoms with E-state index < -0.39 is 23.3 Å². The van der Waals surface area contributed by atoms with E-state index in [4.69, 9.17) is 11.6 Å². The fourth-order valence-electron chi connectivity index (χ4n) is 1.22. The Labute approximate surface area is 106 Å². The molecule has 0 bridgehead atoms. The molecule has 0 unspecified atom stereocenters. The third-order valence-corrected chi connectivity index (χ3v) is 3.26. The van der Waals surface area contributed by atoms with Crippen molar-refractivity contribution in [3.05, 3.63) is 33.4 Å². The van der Waals surface area contributed by atoms with Gasteiger partial charge in [-0.05, 0) is 22.0 Å². The molecule has 2 rings (SSSR count). The molecule has 1 aromatic heterocycles. The first-order valence-electron chi connectivity index (χ1n) is 4.18. The molecular weight excluding hydrogens is 327 g/mol. The quantitative estimate of drug-likeness (QED) is 0.535. The second kappa shape index (κ2) is 4.06. The van der Waals surface area contributed by atoms with Crippen LogP contribution in [-0.4, -0.2) is 9.97 Å². The minimum atomic E-state index is -4.72. The van der Waals surface area contributed by atoms with E-state index in [-0.39, 0.29) is 14.9 Å². The molecule has 1 heterocycles. The number of fused-ring (bicyclic) bond motifs is 1. The van der Waals surface area contributed by atoms with Crippen molar-refractivity contribution < 1.29 is 17.6 Å². The van der Waals surface area contributed by atoms with Gasteiger partial charge in [0.15, 0.2) is 5.82 Å². The zero-order chi connectivity index (χ0) is 12.8. The summed E-state index contributed by atoms with van der Waals surface area (Å²) >= 11 is 8.48. The molecule has 0 aliphatic rings. The van der Waals surface area contributed by atoms with E-state index in [1.165, 1.54) is 6.07 Å². The van der Waals surface area contributed by atoms with Gasteiger partial charge in [-0.3, -0.25) is 0 Å². The van der Waals surface area contributed by atoms with Crippen molar-refractivity contribution in [2.45, 2.75) is 6.18 Å². The molecule has 0 radical (unpaired) electrons. The summed E-state index contributed by atoms with van der Waals surface area (Å²) in [5.74, 6) is -2.33. The summed E-state index contributed by atoms with van der Waals surface area (Å²) in [7, 11) is 0. The van der Waals surface area contributed by atoms with Crippen LogP contribution in [0.4, 0.5) is 17.6 Å². The summed E-state index contributed by atoms with van der Waals surface area (Å²) in [6, 6.07) is 1.28. The largest absolute Gasteiger partial charge is 0.451 e. The Bertz CT molecular complexity index is 600. The van der Waals surface area contributed by atoms with Crippen LogP contribution in [0.1, 0.15) is 5.82 Å². The first kappa shape index (κ1) is 12.5. The average Bonchev–Trinajstić information content (AvgIpc) is 2.24. The smallest absolute Gasteiger partial charge is 0.232 e. The number of halogens is 6. The zero-order valence-electron chi connectivity index (χ0n) is 7.82. The van der Waals surface area contributed by atoms with Crippen LogP contribution >= 0.6 is 27.5 Å². The van der Waals surface area contributed by atoms with E-state index >= 15 is 0 Å². The first-order chi connectivity index (χ1) is 7.80. The van der Waals surface area contributed by atoms with Crippen molar-refractivity contribution in [1.29, 1.82) is 0 Å². The highest BCUT2D eigenvalue weighted by Gasteiger charge is 2.35. The Hall–Kier alpha value is -0.950. The summed E-state index contributed by atoms with van der Waals surface area (Å²) in [5.41, 5.74) is -0.427. The van der Waals surface area contributed by atoms with E-state index in [9.17, 15) is 17.6 Å².